The quantitative estimate of drug-likeness (QED) is 0.787. The number of rotatable bonds is 3. The summed E-state index contributed by atoms with van der Waals surface area (Å²) in [5.41, 5.74) is 0.600. The second kappa shape index (κ2) is 3.43. The minimum atomic E-state index is -0.530. The average molecular weight is 196 g/mol. The summed E-state index contributed by atoms with van der Waals surface area (Å²) < 4.78 is 0. The Bertz CT molecular complexity index is 264. The molecule has 1 heterocycles. The molecule has 1 N–H and O–H groups in total. The first-order valence-corrected chi connectivity index (χ1v) is 5.96. The molecule has 0 aromatic carbocycles. The molecule has 1 unspecified atom stereocenters. The van der Waals surface area contributed by atoms with Gasteiger partial charge in [-0.3, -0.25) is 0 Å². The minimum absolute atomic E-state index is 0.507. The Hall–Kier alpha value is -0.340. The van der Waals surface area contributed by atoms with Crippen molar-refractivity contribution in [3.8, 4) is 0 Å². The van der Waals surface area contributed by atoms with Crippen LogP contribution in [0.2, 0.25) is 0 Å². The van der Waals surface area contributed by atoms with Crippen molar-refractivity contribution in [3.05, 3.63) is 22.4 Å². The highest BCUT2D eigenvalue weighted by molar-refractivity contribution is 7.08. The van der Waals surface area contributed by atoms with Crippen molar-refractivity contribution in [2.24, 2.45) is 5.92 Å². The maximum absolute atomic E-state index is 10.5. The highest BCUT2D eigenvalue weighted by Crippen LogP contribution is 2.44. The van der Waals surface area contributed by atoms with Crippen molar-refractivity contribution >= 4 is 11.3 Å². The van der Waals surface area contributed by atoms with E-state index in [0.717, 1.165) is 12.0 Å². The van der Waals surface area contributed by atoms with E-state index < -0.39 is 5.60 Å². The van der Waals surface area contributed by atoms with Crippen LogP contribution >= 0.6 is 11.3 Å². The summed E-state index contributed by atoms with van der Waals surface area (Å²) in [6.45, 7) is 2.08. The normalized spacial score (nSPS) is 22.3. The van der Waals surface area contributed by atoms with Gasteiger partial charge < -0.3 is 5.11 Å². The number of aliphatic hydroxyl groups is 1. The van der Waals surface area contributed by atoms with Crippen molar-refractivity contribution in [3.63, 3.8) is 0 Å². The van der Waals surface area contributed by atoms with Crippen LogP contribution in [0.5, 0.6) is 0 Å². The fraction of sp³-hybridized carbons (Fsp3) is 0.636. The smallest absolute Gasteiger partial charge is 0.0929 e. The van der Waals surface area contributed by atoms with Gasteiger partial charge in [0.2, 0.25) is 0 Å². The van der Waals surface area contributed by atoms with E-state index in [0.29, 0.717) is 5.92 Å². The maximum Gasteiger partial charge on any atom is 0.0929 e. The molecule has 1 fully saturated rings. The fourth-order valence-corrected chi connectivity index (χ4v) is 2.86. The van der Waals surface area contributed by atoms with E-state index in [9.17, 15) is 5.11 Å². The summed E-state index contributed by atoms with van der Waals surface area (Å²) in [4.78, 5) is 0. The Morgan fingerprint density at radius 1 is 1.62 bits per heavy atom. The van der Waals surface area contributed by atoms with Gasteiger partial charge in [0.25, 0.3) is 0 Å². The maximum atomic E-state index is 10.5. The summed E-state index contributed by atoms with van der Waals surface area (Å²) >= 11 is 1.67. The highest BCUT2D eigenvalue weighted by Gasteiger charge is 2.40. The molecule has 72 valence electrons. The van der Waals surface area contributed by atoms with Crippen LogP contribution in [0.4, 0.5) is 0 Å². The van der Waals surface area contributed by atoms with Crippen molar-refractivity contribution in [2.75, 3.05) is 0 Å². The predicted molar refractivity (Wildman–Crippen MR) is 55.8 cm³/mol. The standard InChI is InChI=1S/C11H16OS/c1-2-11(12,9-4-3-5-9)10-6-7-13-8-10/h6-9,12H,2-5H2,1H3. The number of hydrogen-bond donors (Lipinski definition) is 1. The van der Waals surface area contributed by atoms with Gasteiger partial charge in [-0.05, 0) is 47.6 Å². The molecule has 1 aliphatic rings. The van der Waals surface area contributed by atoms with Crippen LogP contribution in [0.3, 0.4) is 0 Å². The molecule has 13 heavy (non-hydrogen) atoms. The molecular formula is C11H16OS. The van der Waals surface area contributed by atoms with Crippen molar-refractivity contribution in [1.29, 1.82) is 0 Å². The van der Waals surface area contributed by atoms with Gasteiger partial charge in [0.15, 0.2) is 0 Å². The van der Waals surface area contributed by atoms with E-state index in [2.05, 4.69) is 23.8 Å². The van der Waals surface area contributed by atoms with E-state index >= 15 is 0 Å². The van der Waals surface area contributed by atoms with Gasteiger partial charge >= 0.3 is 0 Å². The topological polar surface area (TPSA) is 20.2 Å². The zero-order chi connectivity index (χ0) is 9.31. The molecule has 0 radical (unpaired) electrons. The van der Waals surface area contributed by atoms with Gasteiger partial charge in [0.05, 0.1) is 5.60 Å². The molecule has 1 aromatic heterocycles. The number of hydrogen-bond acceptors (Lipinski definition) is 2. The fourth-order valence-electron chi connectivity index (χ4n) is 2.13. The number of thiophene rings is 1. The summed E-state index contributed by atoms with van der Waals surface area (Å²) in [7, 11) is 0. The monoisotopic (exact) mass is 196 g/mol. The van der Waals surface area contributed by atoms with Gasteiger partial charge in [-0.2, -0.15) is 11.3 Å². The van der Waals surface area contributed by atoms with Crippen LogP contribution in [0.15, 0.2) is 16.8 Å². The van der Waals surface area contributed by atoms with Crippen LogP contribution in [0.25, 0.3) is 0 Å². The third-order valence-electron chi connectivity index (χ3n) is 3.34. The first-order chi connectivity index (χ1) is 6.27. The molecule has 0 saturated heterocycles. The van der Waals surface area contributed by atoms with Crippen molar-refractivity contribution in [2.45, 2.75) is 38.2 Å². The lowest BCUT2D eigenvalue weighted by molar-refractivity contribution is -0.0591. The summed E-state index contributed by atoms with van der Waals surface area (Å²) in [6, 6.07) is 2.06. The van der Waals surface area contributed by atoms with Gasteiger partial charge in [-0.25, -0.2) is 0 Å². The molecule has 1 nitrogen and oxygen atoms in total. The first kappa shape index (κ1) is 9.22. The van der Waals surface area contributed by atoms with Crippen LogP contribution in [-0.2, 0) is 5.60 Å². The van der Waals surface area contributed by atoms with Gasteiger partial charge in [-0.1, -0.05) is 13.3 Å². The van der Waals surface area contributed by atoms with Crippen molar-refractivity contribution in [1.82, 2.24) is 0 Å². The van der Waals surface area contributed by atoms with E-state index in [-0.39, 0.29) is 0 Å². The molecule has 1 aromatic rings. The summed E-state index contributed by atoms with van der Waals surface area (Å²) in [5.74, 6) is 0.507. The molecule has 0 aliphatic heterocycles. The molecule has 1 aliphatic carbocycles. The van der Waals surface area contributed by atoms with Gasteiger partial charge in [-0.15, -0.1) is 0 Å². The summed E-state index contributed by atoms with van der Waals surface area (Å²) in [6.07, 6.45) is 4.52. The molecular weight excluding hydrogens is 180 g/mol. The van der Waals surface area contributed by atoms with Crippen LogP contribution in [0, 0.1) is 5.92 Å². The molecule has 1 atom stereocenters. The van der Waals surface area contributed by atoms with Crippen LogP contribution in [-0.4, -0.2) is 5.11 Å². The Balaban J connectivity index is 2.23. The average Bonchev–Trinajstić information content (AvgIpc) is 2.52. The molecule has 2 rings (SSSR count). The van der Waals surface area contributed by atoms with E-state index in [1.165, 1.54) is 19.3 Å². The van der Waals surface area contributed by atoms with E-state index in [1.54, 1.807) is 11.3 Å². The molecule has 1 saturated carbocycles. The second-order valence-corrected chi connectivity index (χ2v) is 4.70. The van der Waals surface area contributed by atoms with Gasteiger partial charge in [0, 0.05) is 0 Å². The SMILES string of the molecule is CCC(O)(c1ccsc1)C1CCC1. The third-order valence-corrected chi connectivity index (χ3v) is 4.02. The zero-order valence-electron chi connectivity index (χ0n) is 7.99. The van der Waals surface area contributed by atoms with Crippen LogP contribution < -0.4 is 0 Å². The van der Waals surface area contributed by atoms with Crippen molar-refractivity contribution < 1.29 is 5.11 Å². The van der Waals surface area contributed by atoms with Gasteiger partial charge in [0.1, 0.15) is 0 Å². The third kappa shape index (κ3) is 1.42. The predicted octanol–water partition coefficient (Wildman–Crippen LogP) is 3.15. The van der Waals surface area contributed by atoms with Crippen LogP contribution in [0.1, 0.15) is 38.2 Å². The first-order valence-electron chi connectivity index (χ1n) is 5.02. The molecule has 0 amide bonds. The highest BCUT2D eigenvalue weighted by atomic mass is 32.1. The molecule has 0 spiro atoms. The Morgan fingerprint density at radius 3 is 2.77 bits per heavy atom. The lowest BCUT2D eigenvalue weighted by Gasteiger charge is -2.40. The minimum Gasteiger partial charge on any atom is -0.385 e. The zero-order valence-corrected chi connectivity index (χ0v) is 8.81. The molecule has 2 heteroatoms. The lowest BCUT2D eigenvalue weighted by atomic mass is 9.69. The Morgan fingerprint density at radius 2 is 2.38 bits per heavy atom. The Kier molecular flexibility index (Phi) is 2.43. The summed E-state index contributed by atoms with van der Waals surface area (Å²) in [5, 5.41) is 14.6. The van der Waals surface area contributed by atoms with E-state index in [4.69, 9.17) is 0 Å². The largest absolute Gasteiger partial charge is 0.385 e. The lowest BCUT2D eigenvalue weighted by Crippen LogP contribution is -2.38. The van der Waals surface area contributed by atoms with E-state index in [1.807, 2.05) is 0 Å². The molecule has 0 bridgehead atoms. The Labute approximate surface area is 83.4 Å². The second-order valence-electron chi connectivity index (χ2n) is 3.92.